The lowest BCUT2D eigenvalue weighted by molar-refractivity contribution is 0.0694. The van der Waals surface area contributed by atoms with Crippen molar-refractivity contribution in [2.45, 2.75) is 129 Å². The number of carbonyl (C=O) groups excluding carboxylic acids is 2. The number of hydrogen-bond donors (Lipinski definition) is 4. The molecule has 0 radical (unpaired) electrons. The average Bonchev–Trinajstić information content (AvgIpc) is 3.19. The number of benzene rings is 5. The van der Waals surface area contributed by atoms with Gasteiger partial charge < -0.3 is 20.8 Å². The van der Waals surface area contributed by atoms with Gasteiger partial charge in [0.1, 0.15) is 0 Å². The van der Waals surface area contributed by atoms with Crippen LogP contribution in [0, 0.1) is 0 Å². The van der Waals surface area contributed by atoms with Crippen molar-refractivity contribution in [2.24, 2.45) is 0 Å². The van der Waals surface area contributed by atoms with Gasteiger partial charge in [-0.1, -0.05) is 117 Å². The fraction of sp³-hybridized carbons (Fsp3) is 0.478. The Bertz CT molecular complexity index is 2240. The normalized spacial score (nSPS) is 11.7. The van der Waals surface area contributed by atoms with Crippen LogP contribution in [0.2, 0.25) is 0 Å². The van der Waals surface area contributed by atoms with E-state index in [1.54, 1.807) is 12.1 Å². The van der Waals surface area contributed by atoms with Gasteiger partial charge in [0.15, 0.2) is 0 Å². The number of carbonyl (C=O) groups is 4. The summed E-state index contributed by atoms with van der Waals surface area (Å²) in [6, 6.07) is 3.35. The van der Waals surface area contributed by atoms with Crippen LogP contribution in [0.4, 0.5) is 0 Å². The Balaban J connectivity index is 1.65. The van der Waals surface area contributed by atoms with Crippen LogP contribution in [0.5, 0.6) is 0 Å². The van der Waals surface area contributed by atoms with E-state index in [1.807, 2.05) is 0 Å². The summed E-state index contributed by atoms with van der Waals surface area (Å²) in [7, 11) is 0. The molecular formula is C46H52Br6N2O6. The zero-order valence-corrected chi connectivity index (χ0v) is 43.6. The van der Waals surface area contributed by atoms with E-state index in [2.05, 4.69) is 120 Å². The van der Waals surface area contributed by atoms with E-state index in [0.29, 0.717) is 68.7 Å². The second kappa shape index (κ2) is 23.2. The van der Waals surface area contributed by atoms with Gasteiger partial charge in [0.2, 0.25) is 0 Å². The molecule has 60 heavy (non-hydrogen) atoms. The molecule has 5 aromatic carbocycles. The number of hydrogen-bond acceptors (Lipinski definition) is 4. The number of carboxylic acid groups (broad SMARTS) is 2. The molecule has 0 bridgehead atoms. The molecule has 324 valence electrons. The molecular weight excluding hydrogens is 1160 g/mol. The first-order valence-corrected chi connectivity index (χ1v) is 25.9. The fourth-order valence-corrected chi connectivity index (χ4v) is 12.0. The third-order valence-corrected chi connectivity index (χ3v) is 16.9. The van der Waals surface area contributed by atoms with Gasteiger partial charge in [-0.25, -0.2) is 9.59 Å². The van der Waals surface area contributed by atoms with Crippen LogP contribution in [-0.2, 0) is 0 Å². The number of amides is 2. The van der Waals surface area contributed by atoms with Gasteiger partial charge in [-0.05, 0) is 137 Å². The highest BCUT2D eigenvalue weighted by Gasteiger charge is 2.33. The van der Waals surface area contributed by atoms with E-state index in [9.17, 15) is 29.4 Å². The van der Waals surface area contributed by atoms with E-state index in [4.69, 9.17) is 0 Å². The van der Waals surface area contributed by atoms with Gasteiger partial charge in [0, 0.05) is 66.9 Å². The number of halogens is 6. The maximum atomic E-state index is 14.5. The van der Waals surface area contributed by atoms with Gasteiger partial charge in [-0.2, -0.15) is 0 Å². The Labute approximate surface area is 402 Å². The van der Waals surface area contributed by atoms with E-state index in [-0.39, 0.29) is 48.4 Å². The summed E-state index contributed by atoms with van der Waals surface area (Å²) >= 11 is 22.1. The molecule has 0 spiro atoms. The van der Waals surface area contributed by atoms with Crippen molar-refractivity contribution < 1.29 is 29.4 Å². The Morgan fingerprint density at radius 1 is 0.417 bits per heavy atom. The van der Waals surface area contributed by atoms with Crippen molar-refractivity contribution in [3.8, 4) is 0 Å². The lowest BCUT2D eigenvalue weighted by Crippen LogP contribution is -2.28. The van der Waals surface area contributed by atoms with Crippen molar-refractivity contribution in [3.63, 3.8) is 0 Å². The van der Waals surface area contributed by atoms with Gasteiger partial charge in [0.25, 0.3) is 11.8 Å². The Hall–Kier alpha value is -1.84. The summed E-state index contributed by atoms with van der Waals surface area (Å²) in [5, 5.41) is 30.9. The molecule has 0 aliphatic carbocycles. The quantitative estimate of drug-likeness (QED) is 0.0276. The maximum absolute atomic E-state index is 14.5. The topological polar surface area (TPSA) is 133 Å². The number of carboxylic acids is 2. The summed E-state index contributed by atoms with van der Waals surface area (Å²) in [4.78, 5) is 54.7. The molecule has 0 saturated carbocycles. The summed E-state index contributed by atoms with van der Waals surface area (Å²) in [6.45, 7) is 5.37. The zero-order chi connectivity index (χ0) is 43.7. The fourth-order valence-electron chi connectivity index (χ4n) is 8.40. The highest BCUT2D eigenvalue weighted by molar-refractivity contribution is 9.13. The van der Waals surface area contributed by atoms with Crippen LogP contribution >= 0.6 is 95.6 Å². The monoisotopic (exact) mass is 1200 g/mol. The molecule has 0 aromatic heterocycles. The van der Waals surface area contributed by atoms with Crippen molar-refractivity contribution in [3.05, 3.63) is 61.2 Å². The second-order valence-electron chi connectivity index (χ2n) is 15.6. The number of aromatic carboxylic acids is 2. The molecule has 0 fully saturated rings. The van der Waals surface area contributed by atoms with Crippen LogP contribution in [-0.4, -0.2) is 47.1 Å². The highest BCUT2D eigenvalue weighted by Crippen LogP contribution is 2.54. The summed E-state index contributed by atoms with van der Waals surface area (Å²) in [5.74, 6) is -3.28. The first kappa shape index (κ1) is 49.2. The van der Waals surface area contributed by atoms with E-state index in [0.717, 1.165) is 38.5 Å². The predicted octanol–water partition coefficient (Wildman–Crippen LogP) is 16.2. The highest BCUT2D eigenvalue weighted by atomic mass is 79.9. The van der Waals surface area contributed by atoms with Gasteiger partial charge >= 0.3 is 11.9 Å². The van der Waals surface area contributed by atoms with Crippen molar-refractivity contribution in [2.75, 3.05) is 13.1 Å². The molecule has 0 aliphatic heterocycles. The minimum Gasteiger partial charge on any atom is -0.478 e. The van der Waals surface area contributed by atoms with Crippen LogP contribution in [0.1, 0.15) is 171 Å². The summed E-state index contributed by atoms with van der Waals surface area (Å²) < 4.78 is 2.19. The molecule has 5 aromatic rings. The average molecular weight is 1210 g/mol. The minimum atomic E-state index is -1.30. The number of nitrogens with one attached hydrogen (secondary N) is 2. The lowest BCUT2D eigenvalue weighted by Gasteiger charge is -2.25. The number of fused-ring (bicyclic) bond motifs is 2. The largest absolute Gasteiger partial charge is 0.478 e. The molecule has 0 saturated heterocycles. The van der Waals surface area contributed by atoms with E-state index < -0.39 is 11.9 Å². The third-order valence-electron chi connectivity index (χ3n) is 11.4. The summed E-state index contributed by atoms with van der Waals surface area (Å²) in [5.41, 5.74) is 0.167. The molecule has 0 aliphatic rings. The summed E-state index contributed by atoms with van der Waals surface area (Å²) in [6.07, 6.45) is 20.7. The van der Waals surface area contributed by atoms with Gasteiger partial charge in [0.05, 0.1) is 22.3 Å². The molecule has 0 unspecified atom stereocenters. The smallest absolute Gasteiger partial charge is 0.337 e. The van der Waals surface area contributed by atoms with Crippen LogP contribution in [0.3, 0.4) is 0 Å². The number of unbranched alkanes of at least 4 members (excludes halogenated alkanes) is 16. The van der Waals surface area contributed by atoms with Crippen LogP contribution in [0.15, 0.2) is 39.0 Å². The van der Waals surface area contributed by atoms with Gasteiger partial charge in [-0.3, -0.25) is 9.59 Å². The second-order valence-corrected chi connectivity index (χ2v) is 20.5. The number of rotatable bonds is 24. The minimum absolute atomic E-state index is 0.0409. The molecule has 14 heteroatoms. The van der Waals surface area contributed by atoms with Crippen molar-refractivity contribution >= 4 is 162 Å². The molecule has 8 nitrogen and oxygen atoms in total. The standard InChI is InChI=1S/C46H52Br6N2O6/c1-3-5-7-9-11-13-15-17-19-21-53-43(55)37-36-35-30(39(49)41(37)51)25-23-27(47)32(45(57)58)34-29(25)26(24-28(48)33(34)46(59)60)31(35)40(50)42(52)38(36)44(56)54-22-20-18-16-14-12-10-8-6-4-2/h23-24H,3-22H2,1-2H3,(H,53,55)(H,54,56)(H,57,58)(H,59,60). The third kappa shape index (κ3) is 10.7. The molecule has 5 rings (SSSR count). The molecule has 0 heterocycles. The molecule has 4 N–H and O–H groups in total. The Morgan fingerprint density at radius 2 is 0.733 bits per heavy atom. The Morgan fingerprint density at radius 3 is 1.07 bits per heavy atom. The molecule has 0 atom stereocenters. The van der Waals surface area contributed by atoms with Gasteiger partial charge in [-0.15, -0.1) is 0 Å². The van der Waals surface area contributed by atoms with Crippen LogP contribution in [0.25, 0.3) is 43.1 Å². The lowest BCUT2D eigenvalue weighted by atomic mass is 9.84. The van der Waals surface area contributed by atoms with E-state index >= 15 is 0 Å². The molecule has 2 amide bonds. The predicted molar refractivity (Wildman–Crippen MR) is 267 cm³/mol. The first-order chi connectivity index (χ1) is 28.8. The SMILES string of the molecule is CCCCCCCCCCCNC(=O)c1c(Br)c(Br)c2c3cc(Br)c(C(=O)O)c4c(C(=O)O)c(Br)cc(c5c(Br)c(Br)c(C(=O)NCCCCCCCCCCC)c1c25)c43. The maximum Gasteiger partial charge on any atom is 0.337 e. The van der Waals surface area contributed by atoms with Crippen molar-refractivity contribution in [1.82, 2.24) is 10.6 Å². The van der Waals surface area contributed by atoms with Crippen LogP contribution < -0.4 is 10.6 Å². The van der Waals surface area contributed by atoms with E-state index in [1.165, 1.54) is 77.0 Å². The zero-order valence-electron chi connectivity index (χ0n) is 34.1. The first-order valence-electron chi connectivity index (χ1n) is 21.2. The van der Waals surface area contributed by atoms with Crippen molar-refractivity contribution in [1.29, 1.82) is 0 Å². The Kier molecular flexibility index (Phi) is 19.0.